The Hall–Kier alpha value is -0.00312. The third-order valence-corrected chi connectivity index (χ3v) is 10.2. The summed E-state index contributed by atoms with van der Waals surface area (Å²) >= 11 is 0. The summed E-state index contributed by atoms with van der Waals surface area (Å²) < 4.78 is 34.2. The molecule has 1 atom stereocenters. The molecule has 0 aliphatic carbocycles. The molecule has 0 amide bonds. The Morgan fingerprint density at radius 2 is 1.61 bits per heavy atom. The summed E-state index contributed by atoms with van der Waals surface area (Å²) in [5, 5.41) is 0.189. The first-order valence-electron chi connectivity index (χ1n) is 8.80. The van der Waals surface area contributed by atoms with Crippen LogP contribution in [0.3, 0.4) is 0 Å². The zero-order chi connectivity index (χ0) is 18.3. The van der Waals surface area contributed by atoms with Crippen LogP contribution in [0.4, 0.5) is 8.78 Å². The topological polar surface area (TPSA) is 12.5 Å². The lowest BCUT2D eigenvalue weighted by atomic mass is 9.89. The highest BCUT2D eigenvalue weighted by molar-refractivity contribution is 6.74. The SMILES string of the molecule is CC(C)(C)N1CC(F)(F)CC1(C)CCCO[Si](C)(C)C(C)(C)C. The second-order valence-corrected chi connectivity index (χ2v) is 14.8. The van der Waals surface area contributed by atoms with Crippen LogP contribution in [0.25, 0.3) is 0 Å². The van der Waals surface area contributed by atoms with Gasteiger partial charge in [0.15, 0.2) is 8.32 Å². The predicted molar refractivity (Wildman–Crippen MR) is 96.8 cm³/mol. The smallest absolute Gasteiger partial charge is 0.262 e. The van der Waals surface area contributed by atoms with Crippen LogP contribution in [-0.2, 0) is 4.43 Å². The van der Waals surface area contributed by atoms with Gasteiger partial charge in [-0.1, -0.05) is 20.8 Å². The fourth-order valence-electron chi connectivity index (χ4n) is 3.40. The van der Waals surface area contributed by atoms with Crippen LogP contribution >= 0.6 is 0 Å². The van der Waals surface area contributed by atoms with Gasteiger partial charge in [-0.3, -0.25) is 4.90 Å². The van der Waals surface area contributed by atoms with Crippen molar-refractivity contribution in [3.05, 3.63) is 0 Å². The molecule has 1 aliphatic rings. The highest BCUT2D eigenvalue weighted by Gasteiger charge is 2.54. The molecule has 0 aromatic carbocycles. The van der Waals surface area contributed by atoms with E-state index in [0.717, 1.165) is 12.8 Å². The predicted octanol–water partition coefficient (Wildman–Crippen LogP) is 5.69. The molecule has 1 aliphatic heterocycles. The van der Waals surface area contributed by atoms with Gasteiger partial charge in [0.2, 0.25) is 0 Å². The summed E-state index contributed by atoms with van der Waals surface area (Å²) in [6.45, 7) is 19.8. The zero-order valence-electron chi connectivity index (χ0n) is 16.6. The number of hydrogen-bond acceptors (Lipinski definition) is 2. The summed E-state index contributed by atoms with van der Waals surface area (Å²) in [4.78, 5) is 1.99. The minimum atomic E-state index is -2.58. The first-order chi connectivity index (χ1) is 10.0. The Bertz CT molecular complexity index is 412. The lowest BCUT2D eigenvalue weighted by Crippen LogP contribution is -2.52. The van der Waals surface area contributed by atoms with Crippen molar-refractivity contribution < 1.29 is 13.2 Å². The molecule has 0 saturated carbocycles. The van der Waals surface area contributed by atoms with Gasteiger partial charge < -0.3 is 4.43 Å². The maximum absolute atomic E-state index is 14.0. The van der Waals surface area contributed by atoms with Crippen molar-refractivity contribution in [3.8, 4) is 0 Å². The van der Waals surface area contributed by atoms with E-state index in [-0.39, 0.29) is 23.5 Å². The molecular weight excluding hydrogens is 312 g/mol. The molecule has 1 heterocycles. The summed E-state index contributed by atoms with van der Waals surface area (Å²) in [5.41, 5.74) is -0.687. The molecule has 0 aromatic heterocycles. The van der Waals surface area contributed by atoms with E-state index in [9.17, 15) is 8.78 Å². The average molecular weight is 350 g/mol. The Morgan fingerprint density at radius 3 is 2.04 bits per heavy atom. The highest BCUT2D eigenvalue weighted by Crippen LogP contribution is 2.45. The Labute approximate surface area is 143 Å². The molecule has 1 rings (SSSR count). The van der Waals surface area contributed by atoms with Crippen molar-refractivity contribution in [2.75, 3.05) is 13.2 Å². The van der Waals surface area contributed by atoms with Gasteiger partial charge in [0.25, 0.3) is 5.92 Å². The molecule has 0 N–H and O–H groups in total. The van der Waals surface area contributed by atoms with Gasteiger partial charge in [0.05, 0.1) is 6.54 Å². The van der Waals surface area contributed by atoms with Gasteiger partial charge in [0, 0.05) is 24.1 Å². The Morgan fingerprint density at radius 1 is 1.09 bits per heavy atom. The number of rotatable bonds is 5. The van der Waals surface area contributed by atoms with Crippen LogP contribution < -0.4 is 0 Å². The third-order valence-electron chi connectivity index (χ3n) is 5.62. The molecule has 0 aromatic rings. The maximum Gasteiger partial charge on any atom is 0.262 e. The van der Waals surface area contributed by atoms with E-state index in [1.165, 1.54) is 0 Å². The number of likely N-dealkylation sites (tertiary alicyclic amines) is 1. The quantitative estimate of drug-likeness (QED) is 0.467. The number of hydrogen-bond donors (Lipinski definition) is 0. The second-order valence-electron chi connectivity index (χ2n) is 10.00. The molecule has 0 spiro atoms. The first-order valence-corrected chi connectivity index (χ1v) is 11.7. The van der Waals surface area contributed by atoms with Crippen LogP contribution in [0, 0.1) is 0 Å². The molecule has 1 fully saturated rings. The Balaban J connectivity index is 2.65. The van der Waals surface area contributed by atoms with Crippen LogP contribution in [0.15, 0.2) is 0 Å². The van der Waals surface area contributed by atoms with Gasteiger partial charge in [0.1, 0.15) is 0 Å². The van der Waals surface area contributed by atoms with E-state index >= 15 is 0 Å². The van der Waals surface area contributed by atoms with E-state index in [4.69, 9.17) is 4.43 Å². The third kappa shape index (κ3) is 5.23. The largest absolute Gasteiger partial charge is 0.417 e. The van der Waals surface area contributed by atoms with E-state index < -0.39 is 19.8 Å². The fraction of sp³-hybridized carbons (Fsp3) is 1.00. The van der Waals surface area contributed by atoms with Crippen molar-refractivity contribution in [3.63, 3.8) is 0 Å². The lowest BCUT2D eigenvalue weighted by Gasteiger charge is -2.44. The van der Waals surface area contributed by atoms with Gasteiger partial charge >= 0.3 is 0 Å². The summed E-state index contributed by atoms with van der Waals surface area (Å²) in [6, 6.07) is 0. The average Bonchev–Trinajstić information content (AvgIpc) is 2.54. The molecule has 23 heavy (non-hydrogen) atoms. The van der Waals surface area contributed by atoms with Crippen molar-refractivity contribution in [1.29, 1.82) is 0 Å². The lowest BCUT2D eigenvalue weighted by molar-refractivity contribution is -0.000168. The van der Waals surface area contributed by atoms with Crippen LogP contribution in [0.2, 0.25) is 18.1 Å². The minimum Gasteiger partial charge on any atom is -0.417 e. The molecule has 0 radical (unpaired) electrons. The molecular formula is C18H37F2NOSi. The number of alkyl halides is 2. The van der Waals surface area contributed by atoms with Crippen molar-refractivity contribution in [2.24, 2.45) is 0 Å². The summed E-state index contributed by atoms with van der Waals surface area (Å²) in [6.07, 6.45) is 1.55. The van der Waals surface area contributed by atoms with Gasteiger partial charge in [-0.25, -0.2) is 8.78 Å². The zero-order valence-corrected chi connectivity index (χ0v) is 17.6. The van der Waals surface area contributed by atoms with Crippen LogP contribution in [0.5, 0.6) is 0 Å². The molecule has 0 bridgehead atoms. The van der Waals surface area contributed by atoms with Gasteiger partial charge in [-0.05, 0) is 58.7 Å². The number of nitrogens with zero attached hydrogens (tertiary/aromatic N) is 1. The van der Waals surface area contributed by atoms with E-state index in [1.807, 2.05) is 32.6 Å². The van der Waals surface area contributed by atoms with Gasteiger partial charge in [-0.15, -0.1) is 0 Å². The van der Waals surface area contributed by atoms with E-state index in [2.05, 4.69) is 33.9 Å². The summed E-state index contributed by atoms with van der Waals surface area (Å²) in [7, 11) is -1.75. The standard InChI is InChI=1S/C18H37F2NOSi/c1-15(2,3)21-14-18(19,20)13-17(21,7)11-10-12-22-23(8,9)16(4,5)6/h10-14H2,1-9H3. The molecule has 1 saturated heterocycles. The molecule has 138 valence electrons. The van der Waals surface area contributed by atoms with Crippen molar-refractivity contribution in [1.82, 2.24) is 4.90 Å². The molecule has 5 heteroatoms. The first kappa shape index (κ1) is 21.0. The second kappa shape index (κ2) is 6.38. The van der Waals surface area contributed by atoms with Crippen molar-refractivity contribution >= 4 is 8.32 Å². The maximum atomic E-state index is 14.0. The minimum absolute atomic E-state index is 0.0443. The van der Waals surface area contributed by atoms with Crippen LogP contribution in [-0.4, -0.2) is 43.4 Å². The van der Waals surface area contributed by atoms with E-state index in [1.54, 1.807) is 0 Å². The normalized spacial score (nSPS) is 26.7. The summed E-state index contributed by atoms with van der Waals surface area (Å²) in [5.74, 6) is -2.58. The fourth-order valence-corrected chi connectivity index (χ4v) is 4.49. The molecule has 2 nitrogen and oxygen atoms in total. The highest BCUT2D eigenvalue weighted by atomic mass is 28.4. The van der Waals surface area contributed by atoms with Crippen LogP contribution in [0.1, 0.15) is 67.7 Å². The van der Waals surface area contributed by atoms with Crippen molar-refractivity contribution in [2.45, 2.75) is 103 Å². The van der Waals surface area contributed by atoms with E-state index in [0.29, 0.717) is 6.61 Å². The number of halogens is 2. The molecule has 1 unspecified atom stereocenters. The monoisotopic (exact) mass is 349 g/mol. The Kier molecular flexibility index (Phi) is 5.83. The van der Waals surface area contributed by atoms with Gasteiger partial charge in [-0.2, -0.15) is 0 Å².